The molecule has 1 aromatic rings. The lowest BCUT2D eigenvalue weighted by molar-refractivity contribution is 0.0955. The second kappa shape index (κ2) is 5.54. The zero-order valence-electron chi connectivity index (χ0n) is 9.76. The predicted molar refractivity (Wildman–Crippen MR) is 63.2 cm³/mol. The smallest absolute Gasteiger partial charge is 0.251 e. The molecule has 82 valence electrons. The molecule has 0 saturated carbocycles. The van der Waals surface area contributed by atoms with Gasteiger partial charge in [-0.05, 0) is 30.9 Å². The van der Waals surface area contributed by atoms with Crippen LogP contribution in [0.15, 0.2) is 18.2 Å². The van der Waals surface area contributed by atoms with Crippen LogP contribution >= 0.6 is 0 Å². The van der Waals surface area contributed by atoms with Gasteiger partial charge in [0.25, 0.3) is 5.91 Å². The average Bonchev–Trinajstić information content (AvgIpc) is 2.45. The van der Waals surface area contributed by atoms with Gasteiger partial charge in [0.05, 0.1) is 0 Å². The number of rotatable bonds is 0. The molecule has 2 heteroatoms. The molecule has 1 aromatic carbocycles. The van der Waals surface area contributed by atoms with Gasteiger partial charge in [0.15, 0.2) is 0 Å². The summed E-state index contributed by atoms with van der Waals surface area (Å²) in [6, 6.07) is 6.06. The third-order valence-electron chi connectivity index (χ3n) is 2.49. The quantitative estimate of drug-likeness (QED) is 0.693. The van der Waals surface area contributed by atoms with E-state index in [1.165, 1.54) is 5.56 Å². The fourth-order valence-corrected chi connectivity index (χ4v) is 1.83. The first-order valence-corrected chi connectivity index (χ1v) is 5.66. The van der Waals surface area contributed by atoms with Crippen molar-refractivity contribution in [3.8, 4) is 0 Å². The Labute approximate surface area is 91.7 Å². The SMILES string of the molecule is CC.Cc1cccc2c1C(=O)NCCC2. The van der Waals surface area contributed by atoms with Crippen molar-refractivity contribution in [2.75, 3.05) is 6.54 Å². The van der Waals surface area contributed by atoms with Gasteiger partial charge in [0.1, 0.15) is 0 Å². The summed E-state index contributed by atoms with van der Waals surface area (Å²) in [5, 5.41) is 2.90. The summed E-state index contributed by atoms with van der Waals surface area (Å²) in [4.78, 5) is 11.6. The second-order valence-corrected chi connectivity index (χ2v) is 3.47. The van der Waals surface area contributed by atoms with Crippen molar-refractivity contribution in [2.45, 2.75) is 33.6 Å². The van der Waals surface area contributed by atoms with E-state index in [9.17, 15) is 4.79 Å². The number of fused-ring (bicyclic) bond motifs is 1. The fraction of sp³-hybridized carbons (Fsp3) is 0.462. The molecule has 1 aliphatic rings. The minimum absolute atomic E-state index is 0.0885. The van der Waals surface area contributed by atoms with E-state index in [1.54, 1.807) is 0 Å². The number of aryl methyl sites for hydroxylation is 2. The third-order valence-corrected chi connectivity index (χ3v) is 2.49. The Balaban J connectivity index is 0.000000531. The molecule has 0 fully saturated rings. The van der Waals surface area contributed by atoms with E-state index in [2.05, 4.69) is 5.32 Å². The molecule has 15 heavy (non-hydrogen) atoms. The summed E-state index contributed by atoms with van der Waals surface area (Å²) in [5.41, 5.74) is 3.16. The van der Waals surface area contributed by atoms with Crippen LogP contribution in [0.1, 0.15) is 41.8 Å². The number of nitrogens with one attached hydrogen (secondary N) is 1. The molecule has 1 aliphatic heterocycles. The molecule has 0 saturated heterocycles. The van der Waals surface area contributed by atoms with Gasteiger partial charge >= 0.3 is 0 Å². The van der Waals surface area contributed by atoms with Crippen LogP contribution in [-0.2, 0) is 6.42 Å². The highest BCUT2D eigenvalue weighted by molar-refractivity contribution is 5.97. The van der Waals surface area contributed by atoms with Gasteiger partial charge in [-0.15, -0.1) is 0 Å². The van der Waals surface area contributed by atoms with Crippen molar-refractivity contribution in [1.82, 2.24) is 5.32 Å². The first-order chi connectivity index (χ1) is 7.29. The molecule has 0 aliphatic carbocycles. The number of hydrogen-bond donors (Lipinski definition) is 1. The van der Waals surface area contributed by atoms with E-state index in [-0.39, 0.29) is 5.91 Å². The van der Waals surface area contributed by atoms with E-state index < -0.39 is 0 Å². The van der Waals surface area contributed by atoms with Gasteiger partial charge in [-0.2, -0.15) is 0 Å². The molecule has 0 spiro atoms. The molecule has 0 aromatic heterocycles. The number of carbonyl (C=O) groups is 1. The maximum Gasteiger partial charge on any atom is 0.251 e. The van der Waals surface area contributed by atoms with Crippen LogP contribution in [0.4, 0.5) is 0 Å². The summed E-state index contributed by atoms with van der Waals surface area (Å²) in [5.74, 6) is 0.0885. The topological polar surface area (TPSA) is 29.1 Å². The van der Waals surface area contributed by atoms with E-state index >= 15 is 0 Å². The highest BCUT2D eigenvalue weighted by Crippen LogP contribution is 2.17. The molecular formula is C13H19NO. The van der Waals surface area contributed by atoms with E-state index in [1.807, 2.05) is 39.0 Å². The fourth-order valence-electron chi connectivity index (χ4n) is 1.83. The van der Waals surface area contributed by atoms with Gasteiger partial charge < -0.3 is 5.32 Å². The van der Waals surface area contributed by atoms with Crippen molar-refractivity contribution in [3.63, 3.8) is 0 Å². The van der Waals surface area contributed by atoms with Crippen LogP contribution in [0.2, 0.25) is 0 Å². The van der Waals surface area contributed by atoms with Gasteiger partial charge in [-0.25, -0.2) is 0 Å². The van der Waals surface area contributed by atoms with Crippen LogP contribution in [0.5, 0.6) is 0 Å². The standard InChI is InChI=1S/C11H13NO.C2H6/c1-8-4-2-5-9-6-3-7-12-11(13)10(8)9;1-2/h2,4-5H,3,6-7H2,1H3,(H,12,13);1-2H3. The molecule has 0 radical (unpaired) electrons. The minimum Gasteiger partial charge on any atom is -0.352 e. The highest BCUT2D eigenvalue weighted by Gasteiger charge is 2.15. The molecule has 1 amide bonds. The molecular weight excluding hydrogens is 186 g/mol. The summed E-state index contributed by atoms with van der Waals surface area (Å²) in [6.07, 6.45) is 2.05. The van der Waals surface area contributed by atoms with Crippen molar-refractivity contribution in [3.05, 3.63) is 34.9 Å². The number of amides is 1. The Kier molecular flexibility index (Phi) is 4.35. The maximum atomic E-state index is 11.6. The molecule has 0 unspecified atom stereocenters. The number of benzene rings is 1. The summed E-state index contributed by atoms with van der Waals surface area (Å²) < 4.78 is 0. The first-order valence-electron chi connectivity index (χ1n) is 5.66. The summed E-state index contributed by atoms with van der Waals surface area (Å²) in [6.45, 7) is 6.79. The Morgan fingerprint density at radius 1 is 1.27 bits per heavy atom. The maximum absolute atomic E-state index is 11.6. The van der Waals surface area contributed by atoms with E-state index in [4.69, 9.17) is 0 Å². The van der Waals surface area contributed by atoms with E-state index in [0.717, 1.165) is 30.5 Å². The molecule has 0 bridgehead atoms. The third kappa shape index (κ3) is 2.58. The lowest BCUT2D eigenvalue weighted by Gasteiger charge is -2.06. The lowest BCUT2D eigenvalue weighted by Crippen LogP contribution is -2.23. The molecule has 2 nitrogen and oxygen atoms in total. The number of hydrogen-bond acceptors (Lipinski definition) is 1. The van der Waals surface area contributed by atoms with Crippen LogP contribution in [0.3, 0.4) is 0 Å². The van der Waals surface area contributed by atoms with E-state index in [0.29, 0.717) is 0 Å². The summed E-state index contributed by atoms with van der Waals surface area (Å²) >= 11 is 0. The van der Waals surface area contributed by atoms with Crippen molar-refractivity contribution < 1.29 is 4.79 Å². The molecule has 0 atom stereocenters. The Bertz CT molecular complexity index is 344. The molecule has 1 heterocycles. The highest BCUT2D eigenvalue weighted by atomic mass is 16.1. The average molecular weight is 205 g/mol. The van der Waals surface area contributed by atoms with Crippen molar-refractivity contribution in [2.24, 2.45) is 0 Å². The molecule has 2 rings (SSSR count). The van der Waals surface area contributed by atoms with Gasteiger partial charge in [-0.1, -0.05) is 32.0 Å². The second-order valence-electron chi connectivity index (χ2n) is 3.47. The van der Waals surface area contributed by atoms with Gasteiger partial charge in [-0.3, -0.25) is 4.79 Å². The van der Waals surface area contributed by atoms with Crippen LogP contribution in [-0.4, -0.2) is 12.5 Å². The largest absolute Gasteiger partial charge is 0.352 e. The lowest BCUT2D eigenvalue weighted by atomic mass is 9.99. The Hall–Kier alpha value is -1.31. The van der Waals surface area contributed by atoms with Gasteiger partial charge in [0, 0.05) is 12.1 Å². The normalized spacial score (nSPS) is 14.2. The zero-order valence-corrected chi connectivity index (χ0v) is 9.76. The summed E-state index contributed by atoms with van der Waals surface area (Å²) in [7, 11) is 0. The van der Waals surface area contributed by atoms with Crippen molar-refractivity contribution >= 4 is 5.91 Å². The zero-order chi connectivity index (χ0) is 11.3. The van der Waals surface area contributed by atoms with Crippen LogP contribution in [0, 0.1) is 6.92 Å². The Morgan fingerprint density at radius 3 is 2.73 bits per heavy atom. The molecule has 1 N–H and O–H groups in total. The van der Waals surface area contributed by atoms with Gasteiger partial charge in [0.2, 0.25) is 0 Å². The number of carbonyl (C=O) groups excluding carboxylic acids is 1. The minimum atomic E-state index is 0.0885. The Morgan fingerprint density at radius 2 is 2.00 bits per heavy atom. The van der Waals surface area contributed by atoms with Crippen molar-refractivity contribution in [1.29, 1.82) is 0 Å². The van der Waals surface area contributed by atoms with Crippen LogP contribution < -0.4 is 5.32 Å². The van der Waals surface area contributed by atoms with Crippen LogP contribution in [0.25, 0.3) is 0 Å². The monoisotopic (exact) mass is 205 g/mol. The predicted octanol–water partition coefficient (Wildman–Crippen LogP) is 2.70. The first kappa shape index (κ1) is 11.8.